The molecule has 0 aliphatic carbocycles. The normalized spacial score (nSPS) is 18.5. The highest BCUT2D eigenvalue weighted by Gasteiger charge is 2.46. The van der Waals surface area contributed by atoms with Crippen LogP contribution >= 0.6 is 0 Å². The highest BCUT2D eigenvalue weighted by atomic mass is 16.6. The Hall–Kier alpha value is -4.26. The number of ketones is 1. The molecule has 0 spiro atoms. The number of amides is 1. The zero-order chi connectivity index (χ0) is 24.4. The molecule has 2 aliphatic rings. The van der Waals surface area contributed by atoms with Gasteiger partial charge in [0.05, 0.1) is 18.2 Å². The second kappa shape index (κ2) is 9.54. The summed E-state index contributed by atoms with van der Waals surface area (Å²) >= 11 is 0. The van der Waals surface area contributed by atoms with Crippen molar-refractivity contribution in [2.75, 3.05) is 19.8 Å². The van der Waals surface area contributed by atoms with Crippen LogP contribution in [0.3, 0.4) is 0 Å². The van der Waals surface area contributed by atoms with E-state index in [0.717, 1.165) is 5.56 Å². The van der Waals surface area contributed by atoms with Gasteiger partial charge in [-0.2, -0.15) is 0 Å². The van der Waals surface area contributed by atoms with Crippen LogP contribution in [0.1, 0.15) is 29.7 Å². The maximum Gasteiger partial charge on any atom is 0.295 e. The zero-order valence-electron chi connectivity index (χ0n) is 19.3. The minimum atomic E-state index is -0.788. The van der Waals surface area contributed by atoms with Crippen molar-refractivity contribution in [3.63, 3.8) is 0 Å². The minimum absolute atomic E-state index is 0.0243. The summed E-state index contributed by atoms with van der Waals surface area (Å²) in [5.74, 6) is 0.00391. The summed E-state index contributed by atoms with van der Waals surface area (Å²) < 4.78 is 16.9. The van der Waals surface area contributed by atoms with Crippen molar-refractivity contribution >= 4 is 17.4 Å². The molecule has 7 heteroatoms. The average Bonchev–Trinajstić information content (AvgIpc) is 3.14. The lowest BCUT2D eigenvalue weighted by Gasteiger charge is -2.26. The molecular weight excluding hydrogens is 446 g/mol. The standard InChI is InChI=1S/C28H25NO6/c1-2-33-21-10-6-9-19(15-21)25-24(26(30)20-11-12-22-23(16-20)35-14-13-34-22)27(31)28(32)29(25)17-18-7-4-3-5-8-18/h3-12,15-16,25,30H,2,13-14,17H2,1H3/t25-/m1/s1. The molecule has 5 rings (SSSR count). The lowest BCUT2D eigenvalue weighted by Crippen LogP contribution is -2.29. The summed E-state index contributed by atoms with van der Waals surface area (Å²) in [5.41, 5.74) is 1.94. The number of Topliss-reactive ketones (excluding diaryl/α,β-unsaturated/α-hetero) is 1. The number of hydrogen-bond acceptors (Lipinski definition) is 6. The Morgan fingerprint density at radius 1 is 0.971 bits per heavy atom. The minimum Gasteiger partial charge on any atom is -0.507 e. The number of fused-ring (bicyclic) bond motifs is 1. The molecule has 0 saturated carbocycles. The number of nitrogens with zero attached hydrogens (tertiary/aromatic N) is 1. The van der Waals surface area contributed by atoms with Crippen molar-refractivity contribution in [2.45, 2.75) is 19.5 Å². The van der Waals surface area contributed by atoms with Gasteiger partial charge in [-0.25, -0.2) is 0 Å². The molecular formula is C28H25NO6. The summed E-state index contributed by atoms with van der Waals surface area (Å²) in [7, 11) is 0. The van der Waals surface area contributed by atoms with E-state index in [4.69, 9.17) is 14.2 Å². The fourth-order valence-electron chi connectivity index (χ4n) is 4.46. The number of likely N-dealkylation sites (tertiary alicyclic amines) is 1. The average molecular weight is 472 g/mol. The number of carbonyl (C=O) groups excluding carboxylic acids is 2. The molecule has 0 aromatic heterocycles. The molecule has 1 saturated heterocycles. The van der Waals surface area contributed by atoms with Crippen LogP contribution in [0.15, 0.2) is 78.4 Å². The SMILES string of the molecule is CCOc1cccc([C@@H]2C(=C(O)c3ccc4c(c3)OCCO4)C(=O)C(=O)N2Cc2ccccc2)c1. The van der Waals surface area contributed by atoms with Gasteiger partial charge in [0.25, 0.3) is 11.7 Å². The molecule has 2 heterocycles. The van der Waals surface area contributed by atoms with Gasteiger partial charge in [-0.05, 0) is 48.4 Å². The number of rotatable bonds is 6. The molecule has 1 atom stereocenters. The van der Waals surface area contributed by atoms with Gasteiger partial charge in [0.1, 0.15) is 24.7 Å². The third kappa shape index (κ3) is 4.33. The topological polar surface area (TPSA) is 85.3 Å². The largest absolute Gasteiger partial charge is 0.507 e. The summed E-state index contributed by atoms with van der Waals surface area (Å²) in [6.07, 6.45) is 0. The summed E-state index contributed by atoms with van der Waals surface area (Å²) in [6.45, 7) is 3.41. The monoisotopic (exact) mass is 471 g/mol. The summed E-state index contributed by atoms with van der Waals surface area (Å²) in [6, 6.07) is 20.9. The van der Waals surface area contributed by atoms with E-state index < -0.39 is 17.7 Å². The Bertz CT molecular complexity index is 1300. The Balaban J connectivity index is 1.63. The second-order valence-electron chi connectivity index (χ2n) is 8.28. The first-order chi connectivity index (χ1) is 17.1. The molecule has 3 aromatic carbocycles. The van der Waals surface area contributed by atoms with Gasteiger partial charge in [-0.3, -0.25) is 9.59 Å². The molecule has 35 heavy (non-hydrogen) atoms. The predicted octanol–water partition coefficient (Wildman–Crippen LogP) is 4.48. The van der Waals surface area contributed by atoms with E-state index in [-0.39, 0.29) is 17.9 Å². The van der Waals surface area contributed by atoms with Crippen LogP contribution in [0.25, 0.3) is 5.76 Å². The Kier molecular flexibility index (Phi) is 6.14. The molecule has 1 fully saturated rings. The van der Waals surface area contributed by atoms with Crippen molar-refractivity contribution in [3.05, 3.63) is 95.1 Å². The van der Waals surface area contributed by atoms with Gasteiger partial charge in [0.2, 0.25) is 0 Å². The number of carbonyl (C=O) groups is 2. The van der Waals surface area contributed by atoms with Crippen LogP contribution in [0, 0.1) is 0 Å². The molecule has 3 aromatic rings. The Morgan fingerprint density at radius 2 is 1.74 bits per heavy atom. The van der Waals surface area contributed by atoms with Gasteiger partial charge in [-0.15, -0.1) is 0 Å². The fraction of sp³-hybridized carbons (Fsp3) is 0.214. The number of ether oxygens (including phenoxy) is 3. The number of aliphatic hydroxyl groups excluding tert-OH is 1. The Morgan fingerprint density at radius 3 is 2.51 bits per heavy atom. The Labute approximate surface area is 203 Å². The van der Waals surface area contributed by atoms with E-state index in [1.165, 1.54) is 4.90 Å². The fourth-order valence-corrected chi connectivity index (χ4v) is 4.46. The van der Waals surface area contributed by atoms with Gasteiger partial charge in [-0.1, -0.05) is 42.5 Å². The molecule has 0 bridgehead atoms. The van der Waals surface area contributed by atoms with Gasteiger partial charge in [0, 0.05) is 12.1 Å². The first-order valence-corrected chi connectivity index (χ1v) is 11.5. The third-order valence-electron chi connectivity index (χ3n) is 6.04. The van der Waals surface area contributed by atoms with Crippen molar-refractivity contribution in [1.29, 1.82) is 0 Å². The van der Waals surface area contributed by atoms with Crippen LogP contribution < -0.4 is 14.2 Å². The van der Waals surface area contributed by atoms with E-state index >= 15 is 0 Å². The zero-order valence-corrected chi connectivity index (χ0v) is 19.3. The van der Waals surface area contributed by atoms with E-state index in [2.05, 4.69) is 0 Å². The molecule has 1 amide bonds. The third-order valence-corrected chi connectivity index (χ3v) is 6.04. The summed E-state index contributed by atoms with van der Waals surface area (Å²) in [4.78, 5) is 28.0. The van der Waals surface area contributed by atoms with Crippen molar-refractivity contribution in [2.24, 2.45) is 0 Å². The molecule has 7 nitrogen and oxygen atoms in total. The number of hydrogen-bond donors (Lipinski definition) is 1. The van der Waals surface area contributed by atoms with Crippen LogP contribution in [-0.2, 0) is 16.1 Å². The smallest absolute Gasteiger partial charge is 0.295 e. The predicted molar refractivity (Wildman–Crippen MR) is 129 cm³/mol. The van der Waals surface area contributed by atoms with Gasteiger partial charge in [0.15, 0.2) is 11.5 Å². The van der Waals surface area contributed by atoms with Gasteiger partial charge >= 0.3 is 0 Å². The van der Waals surface area contributed by atoms with Crippen LogP contribution in [-0.4, -0.2) is 41.5 Å². The molecule has 1 N–H and O–H groups in total. The summed E-state index contributed by atoms with van der Waals surface area (Å²) in [5, 5.41) is 11.4. The van der Waals surface area contributed by atoms with Gasteiger partial charge < -0.3 is 24.2 Å². The lowest BCUT2D eigenvalue weighted by atomic mass is 9.95. The first kappa shape index (κ1) is 22.5. The van der Waals surface area contributed by atoms with Crippen molar-refractivity contribution in [1.82, 2.24) is 4.90 Å². The van der Waals surface area contributed by atoms with Crippen LogP contribution in [0.2, 0.25) is 0 Å². The highest BCUT2D eigenvalue weighted by molar-refractivity contribution is 6.46. The molecule has 178 valence electrons. The highest BCUT2D eigenvalue weighted by Crippen LogP contribution is 2.42. The molecule has 2 aliphatic heterocycles. The number of aliphatic hydroxyl groups is 1. The maximum atomic E-state index is 13.3. The molecule has 0 radical (unpaired) electrons. The van der Waals surface area contributed by atoms with Crippen molar-refractivity contribution in [3.8, 4) is 17.2 Å². The van der Waals surface area contributed by atoms with Crippen LogP contribution in [0.5, 0.6) is 17.2 Å². The first-order valence-electron chi connectivity index (χ1n) is 11.5. The second-order valence-corrected chi connectivity index (χ2v) is 8.28. The van der Waals surface area contributed by atoms with E-state index in [1.807, 2.05) is 55.5 Å². The van der Waals surface area contributed by atoms with Crippen molar-refractivity contribution < 1.29 is 28.9 Å². The quantitative estimate of drug-likeness (QED) is 0.324. The van der Waals surface area contributed by atoms with Crippen LogP contribution in [0.4, 0.5) is 0 Å². The van der Waals surface area contributed by atoms with E-state index in [0.29, 0.717) is 48.2 Å². The maximum absolute atomic E-state index is 13.3. The van der Waals surface area contributed by atoms with E-state index in [9.17, 15) is 14.7 Å². The lowest BCUT2D eigenvalue weighted by molar-refractivity contribution is -0.140. The van der Waals surface area contributed by atoms with E-state index in [1.54, 1.807) is 24.3 Å². The molecule has 0 unspecified atom stereocenters. The number of benzene rings is 3.